The average Bonchev–Trinajstić information content (AvgIpc) is 2.50. The third-order valence-corrected chi connectivity index (χ3v) is 3.12. The third kappa shape index (κ3) is 6.15. The van der Waals surface area contributed by atoms with E-state index in [0.29, 0.717) is 13.0 Å². The van der Waals surface area contributed by atoms with Crippen molar-refractivity contribution in [3.8, 4) is 5.75 Å². The van der Waals surface area contributed by atoms with Crippen molar-refractivity contribution in [1.82, 2.24) is 4.98 Å². The zero-order valence-corrected chi connectivity index (χ0v) is 13.6. The number of rotatable bonds is 5. The van der Waals surface area contributed by atoms with Crippen LogP contribution in [0.3, 0.4) is 0 Å². The first kappa shape index (κ1) is 17.5. The maximum Gasteiger partial charge on any atom is 0.137 e. The van der Waals surface area contributed by atoms with E-state index in [0.717, 1.165) is 21.9 Å². The van der Waals surface area contributed by atoms with Crippen LogP contribution in [0.1, 0.15) is 25.0 Å². The summed E-state index contributed by atoms with van der Waals surface area (Å²) in [5.41, 5.74) is 8.17. The molecule has 0 aliphatic rings. The first-order valence-electron chi connectivity index (χ1n) is 7.18. The molecule has 1 aromatic carbocycles. The molecule has 0 saturated carbocycles. The highest BCUT2D eigenvalue weighted by atomic mass is 35.5. The molecule has 0 saturated heterocycles. The Kier molecular flexibility index (Phi) is 7.80. The first-order chi connectivity index (χ1) is 10.1. The van der Waals surface area contributed by atoms with Gasteiger partial charge in [0.05, 0.1) is 6.20 Å². The summed E-state index contributed by atoms with van der Waals surface area (Å²) in [5.74, 6) is 0.745. The van der Waals surface area contributed by atoms with E-state index in [-0.39, 0.29) is 6.04 Å². The Labute approximate surface area is 132 Å². The first-order valence-corrected chi connectivity index (χ1v) is 7.56. The Morgan fingerprint density at radius 1 is 1.24 bits per heavy atom. The van der Waals surface area contributed by atoms with Crippen LogP contribution in [0.25, 0.3) is 0 Å². The third-order valence-electron chi connectivity index (χ3n) is 2.75. The van der Waals surface area contributed by atoms with Gasteiger partial charge in [0, 0.05) is 17.3 Å². The van der Waals surface area contributed by atoms with Crippen LogP contribution in [0, 0.1) is 6.92 Å². The minimum absolute atomic E-state index is 0.0968. The molecule has 2 N–H and O–H groups in total. The van der Waals surface area contributed by atoms with Gasteiger partial charge < -0.3 is 10.5 Å². The molecule has 1 heterocycles. The summed E-state index contributed by atoms with van der Waals surface area (Å²) < 4.78 is 5.63. The van der Waals surface area contributed by atoms with E-state index >= 15 is 0 Å². The molecule has 0 fully saturated rings. The van der Waals surface area contributed by atoms with Crippen LogP contribution in [0.4, 0.5) is 0 Å². The number of hydrogen-bond donors (Lipinski definition) is 1. The highest BCUT2D eigenvalue weighted by Gasteiger charge is 2.08. The highest BCUT2D eigenvalue weighted by Crippen LogP contribution is 2.17. The van der Waals surface area contributed by atoms with E-state index < -0.39 is 0 Å². The molecule has 0 aliphatic heterocycles. The summed E-state index contributed by atoms with van der Waals surface area (Å²) in [6.45, 7) is 6.42. The summed E-state index contributed by atoms with van der Waals surface area (Å²) in [6.07, 6.45) is 4.17. The van der Waals surface area contributed by atoms with Gasteiger partial charge in [0.15, 0.2) is 0 Å². The van der Waals surface area contributed by atoms with Gasteiger partial charge in [-0.3, -0.25) is 4.98 Å². The summed E-state index contributed by atoms with van der Waals surface area (Å²) in [6, 6.07) is 9.56. The van der Waals surface area contributed by atoms with Crippen LogP contribution >= 0.6 is 11.6 Å². The second-order valence-corrected chi connectivity index (χ2v) is 4.97. The van der Waals surface area contributed by atoms with Crippen LogP contribution in [-0.2, 0) is 6.42 Å². The molecule has 1 unspecified atom stereocenters. The molecule has 1 atom stereocenters. The molecule has 3 nitrogen and oxygen atoms in total. The fourth-order valence-corrected chi connectivity index (χ4v) is 2.03. The van der Waals surface area contributed by atoms with E-state index in [1.165, 1.54) is 0 Å². The Hall–Kier alpha value is -1.58. The second-order valence-electron chi connectivity index (χ2n) is 4.56. The predicted octanol–water partition coefficient (Wildman–Crippen LogP) is 4.02. The van der Waals surface area contributed by atoms with Crippen molar-refractivity contribution >= 4 is 11.6 Å². The number of hydrogen-bond acceptors (Lipinski definition) is 3. The van der Waals surface area contributed by atoms with Crippen LogP contribution in [0.15, 0.2) is 42.7 Å². The molecule has 0 aliphatic carbocycles. The van der Waals surface area contributed by atoms with Crippen molar-refractivity contribution in [3.63, 3.8) is 0 Å². The van der Waals surface area contributed by atoms with Gasteiger partial charge in [-0.2, -0.15) is 0 Å². The quantitative estimate of drug-likeness (QED) is 0.907. The van der Waals surface area contributed by atoms with Gasteiger partial charge in [-0.25, -0.2) is 0 Å². The lowest BCUT2D eigenvalue weighted by Gasteiger charge is -2.14. The van der Waals surface area contributed by atoms with Crippen LogP contribution in [-0.4, -0.2) is 17.6 Å². The van der Waals surface area contributed by atoms with Crippen molar-refractivity contribution in [2.75, 3.05) is 6.61 Å². The fourth-order valence-electron chi connectivity index (χ4n) is 1.81. The number of benzene rings is 1. The van der Waals surface area contributed by atoms with Crippen molar-refractivity contribution in [2.24, 2.45) is 5.73 Å². The van der Waals surface area contributed by atoms with Crippen molar-refractivity contribution < 1.29 is 4.74 Å². The number of aromatic nitrogens is 1. The Balaban J connectivity index is 0.00000106. The van der Waals surface area contributed by atoms with E-state index in [4.69, 9.17) is 22.1 Å². The van der Waals surface area contributed by atoms with Crippen molar-refractivity contribution in [2.45, 2.75) is 33.2 Å². The van der Waals surface area contributed by atoms with Crippen molar-refractivity contribution in [3.05, 3.63) is 58.9 Å². The largest absolute Gasteiger partial charge is 0.490 e. The van der Waals surface area contributed by atoms with Crippen LogP contribution in [0.5, 0.6) is 5.75 Å². The molecule has 2 aromatic rings. The minimum atomic E-state index is -0.0968. The summed E-state index contributed by atoms with van der Waals surface area (Å²) in [7, 11) is 0. The summed E-state index contributed by atoms with van der Waals surface area (Å²) >= 11 is 6.10. The predicted molar refractivity (Wildman–Crippen MR) is 88.9 cm³/mol. The molecule has 0 spiro atoms. The van der Waals surface area contributed by atoms with Gasteiger partial charge in [-0.15, -0.1) is 0 Å². The molecule has 21 heavy (non-hydrogen) atoms. The molecule has 1 aromatic heterocycles. The van der Waals surface area contributed by atoms with Crippen molar-refractivity contribution in [1.29, 1.82) is 0 Å². The van der Waals surface area contributed by atoms with Crippen LogP contribution in [0.2, 0.25) is 5.02 Å². The van der Waals surface area contributed by atoms with E-state index in [1.807, 2.05) is 51.1 Å². The number of pyridine rings is 1. The van der Waals surface area contributed by atoms with Crippen LogP contribution < -0.4 is 10.5 Å². The lowest BCUT2D eigenvalue weighted by Crippen LogP contribution is -2.30. The average molecular weight is 307 g/mol. The number of nitrogens with zero attached hydrogens (tertiary/aromatic N) is 1. The standard InChI is InChI=1S/C15H17ClN2O.C2H6/c1-11-6-14(9-18-8-11)19-10-13(17)7-12-4-2-3-5-15(12)16;1-2/h2-6,8-9,13H,7,10,17H2,1H3;1-2H3. The monoisotopic (exact) mass is 306 g/mol. The highest BCUT2D eigenvalue weighted by molar-refractivity contribution is 6.31. The van der Waals surface area contributed by atoms with E-state index in [1.54, 1.807) is 12.4 Å². The Morgan fingerprint density at radius 3 is 2.62 bits per heavy atom. The number of halogens is 1. The van der Waals surface area contributed by atoms with Gasteiger partial charge in [0.1, 0.15) is 12.4 Å². The second kappa shape index (κ2) is 9.37. The molecule has 0 radical (unpaired) electrons. The van der Waals surface area contributed by atoms with E-state index in [9.17, 15) is 0 Å². The smallest absolute Gasteiger partial charge is 0.137 e. The minimum Gasteiger partial charge on any atom is -0.490 e. The molecule has 114 valence electrons. The lowest BCUT2D eigenvalue weighted by atomic mass is 10.1. The zero-order chi connectivity index (χ0) is 15.7. The molecule has 0 bridgehead atoms. The fraction of sp³-hybridized carbons (Fsp3) is 0.353. The van der Waals surface area contributed by atoms with Gasteiger partial charge in [-0.05, 0) is 36.6 Å². The Bertz CT molecular complexity index is 546. The molecule has 4 heteroatoms. The number of nitrogens with two attached hydrogens (primary N) is 1. The normalized spacial score (nSPS) is 11.3. The molecule has 2 rings (SSSR count). The van der Waals surface area contributed by atoms with Gasteiger partial charge in [0.2, 0.25) is 0 Å². The van der Waals surface area contributed by atoms with Gasteiger partial charge in [-0.1, -0.05) is 43.6 Å². The topological polar surface area (TPSA) is 48.1 Å². The number of aryl methyl sites for hydroxylation is 1. The molecular formula is C17H23ClN2O. The molecular weight excluding hydrogens is 284 g/mol. The van der Waals surface area contributed by atoms with Gasteiger partial charge >= 0.3 is 0 Å². The molecule has 0 amide bonds. The van der Waals surface area contributed by atoms with E-state index in [2.05, 4.69) is 4.98 Å². The SMILES string of the molecule is CC.Cc1cncc(OCC(N)Cc2ccccc2Cl)c1. The lowest BCUT2D eigenvalue weighted by molar-refractivity contribution is 0.286. The van der Waals surface area contributed by atoms with Gasteiger partial charge in [0.25, 0.3) is 0 Å². The maximum absolute atomic E-state index is 6.10. The Morgan fingerprint density at radius 2 is 1.95 bits per heavy atom. The maximum atomic E-state index is 6.10. The summed E-state index contributed by atoms with van der Waals surface area (Å²) in [4.78, 5) is 4.07. The number of ether oxygens (including phenoxy) is 1. The summed E-state index contributed by atoms with van der Waals surface area (Å²) in [5, 5.41) is 0.746. The zero-order valence-electron chi connectivity index (χ0n) is 12.8.